The van der Waals surface area contributed by atoms with Crippen LogP contribution in [-0.2, 0) is 4.79 Å². The normalized spacial score (nSPS) is 16.4. The number of nitrogens with zero attached hydrogens (tertiary/aromatic N) is 1. The Bertz CT molecular complexity index is 818. The molecule has 22 heavy (non-hydrogen) atoms. The van der Waals surface area contributed by atoms with Crippen LogP contribution in [0, 0.1) is 20.8 Å². The number of aromatic nitrogens is 1. The van der Waals surface area contributed by atoms with Crippen molar-refractivity contribution < 1.29 is 9.59 Å². The fourth-order valence-electron chi connectivity index (χ4n) is 2.66. The number of rotatable bonds is 2. The van der Waals surface area contributed by atoms with Crippen LogP contribution in [0.3, 0.4) is 0 Å². The van der Waals surface area contributed by atoms with Gasteiger partial charge >= 0.3 is 0 Å². The zero-order valence-corrected chi connectivity index (χ0v) is 13.5. The third-order valence-corrected chi connectivity index (χ3v) is 4.47. The number of imide groups is 1. The topological polar surface area (TPSA) is 51.1 Å². The molecule has 0 aliphatic carbocycles. The standard InChI is InChI=1S/C17H16N2O2S/c1-10-5-4-6-14(7-10)19-11(2)8-13(12(19)3)9-15-16(20)18-17(21)22-15/h4-9H,1-3H3,(H,18,20,21). The average molecular weight is 312 g/mol. The van der Waals surface area contributed by atoms with Crippen LogP contribution in [0.25, 0.3) is 11.8 Å². The van der Waals surface area contributed by atoms with Gasteiger partial charge in [0.1, 0.15) is 0 Å². The summed E-state index contributed by atoms with van der Waals surface area (Å²) < 4.78 is 2.15. The van der Waals surface area contributed by atoms with E-state index < -0.39 is 0 Å². The Morgan fingerprint density at radius 3 is 2.55 bits per heavy atom. The van der Waals surface area contributed by atoms with Gasteiger partial charge in [0.05, 0.1) is 4.91 Å². The SMILES string of the molecule is Cc1cccc(-n2c(C)cc(C=C3SC(=O)NC3=O)c2C)c1. The van der Waals surface area contributed by atoms with Crippen LogP contribution < -0.4 is 5.32 Å². The van der Waals surface area contributed by atoms with Crippen LogP contribution in [0.5, 0.6) is 0 Å². The highest BCUT2D eigenvalue weighted by Gasteiger charge is 2.25. The maximum atomic E-state index is 11.7. The third kappa shape index (κ3) is 2.60. The molecule has 2 heterocycles. The van der Waals surface area contributed by atoms with Gasteiger partial charge in [-0.3, -0.25) is 14.9 Å². The van der Waals surface area contributed by atoms with Gasteiger partial charge in [-0.1, -0.05) is 12.1 Å². The Labute approximate surface area is 133 Å². The van der Waals surface area contributed by atoms with Gasteiger partial charge < -0.3 is 4.57 Å². The number of nitrogens with one attached hydrogen (secondary N) is 1. The van der Waals surface area contributed by atoms with Crippen molar-refractivity contribution in [3.8, 4) is 5.69 Å². The molecule has 1 fully saturated rings. The Morgan fingerprint density at radius 2 is 1.91 bits per heavy atom. The van der Waals surface area contributed by atoms with Crippen LogP contribution in [0.2, 0.25) is 0 Å². The van der Waals surface area contributed by atoms with Crippen molar-refractivity contribution in [2.45, 2.75) is 20.8 Å². The van der Waals surface area contributed by atoms with Gasteiger partial charge in [-0.25, -0.2) is 0 Å². The van der Waals surface area contributed by atoms with Crippen molar-refractivity contribution in [3.63, 3.8) is 0 Å². The molecule has 5 heteroatoms. The summed E-state index contributed by atoms with van der Waals surface area (Å²) in [6.07, 6.45) is 1.78. The average Bonchev–Trinajstić information content (AvgIpc) is 2.90. The van der Waals surface area contributed by atoms with Crippen molar-refractivity contribution in [2.24, 2.45) is 0 Å². The minimum Gasteiger partial charge on any atom is -0.318 e. The summed E-state index contributed by atoms with van der Waals surface area (Å²) in [6, 6.07) is 10.3. The third-order valence-electron chi connectivity index (χ3n) is 3.66. The number of aryl methyl sites for hydroxylation is 2. The molecule has 2 amide bonds. The van der Waals surface area contributed by atoms with Gasteiger partial charge in [0.25, 0.3) is 11.1 Å². The van der Waals surface area contributed by atoms with E-state index in [1.165, 1.54) is 5.56 Å². The number of benzene rings is 1. The van der Waals surface area contributed by atoms with E-state index in [1.807, 2.05) is 26.0 Å². The van der Waals surface area contributed by atoms with E-state index in [0.29, 0.717) is 4.91 Å². The molecule has 1 N–H and O–H groups in total. The molecule has 1 aliphatic heterocycles. The first-order valence-corrected chi connectivity index (χ1v) is 7.78. The fourth-order valence-corrected chi connectivity index (χ4v) is 3.33. The fraction of sp³-hybridized carbons (Fsp3) is 0.176. The summed E-state index contributed by atoms with van der Waals surface area (Å²) in [4.78, 5) is 23.4. The monoisotopic (exact) mass is 312 g/mol. The smallest absolute Gasteiger partial charge is 0.290 e. The summed E-state index contributed by atoms with van der Waals surface area (Å²) in [6.45, 7) is 6.11. The summed E-state index contributed by atoms with van der Waals surface area (Å²) in [5.74, 6) is -0.324. The van der Waals surface area contributed by atoms with Gasteiger partial charge in [0.15, 0.2) is 0 Å². The van der Waals surface area contributed by atoms with Crippen molar-refractivity contribution in [3.05, 3.63) is 57.8 Å². The first-order valence-electron chi connectivity index (χ1n) is 6.96. The minimum atomic E-state index is -0.324. The predicted molar refractivity (Wildman–Crippen MR) is 89.1 cm³/mol. The number of carbonyl (C=O) groups excluding carboxylic acids is 2. The Morgan fingerprint density at radius 1 is 1.14 bits per heavy atom. The summed E-state index contributed by atoms with van der Waals surface area (Å²) in [7, 11) is 0. The lowest BCUT2D eigenvalue weighted by molar-refractivity contribution is -0.115. The molecule has 0 saturated carbocycles. The molecule has 0 spiro atoms. The minimum absolute atomic E-state index is 0.316. The van der Waals surface area contributed by atoms with Crippen molar-refractivity contribution in [2.75, 3.05) is 0 Å². The first-order chi connectivity index (χ1) is 10.5. The molecule has 1 saturated heterocycles. The number of hydrogen-bond acceptors (Lipinski definition) is 3. The van der Waals surface area contributed by atoms with Crippen LogP contribution in [0.4, 0.5) is 4.79 Å². The second-order valence-electron chi connectivity index (χ2n) is 5.35. The zero-order chi connectivity index (χ0) is 15.9. The predicted octanol–water partition coefficient (Wildman–Crippen LogP) is 3.73. The van der Waals surface area contributed by atoms with Crippen LogP contribution >= 0.6 is 11.8 Å². The van der Waals surface area contributed by atoms with Crippen LogP contribution in [0.1, 0.15) is 22.5 Å². The highest BCUT2D eigenvalue weighted by Crippen LogP contribution is 2.29. The molecule has 112 valence electrons. The number of carbonyl (C=O) groups is 2. The number of amides is 2. The van der Waals surface area contributed by atoms with E-state index >= 15 is 0 Å². The van der Waals surface area contributed by atoms with Crippen LogP contribution in [-0.4, -0.2) is 15.7 Å². The Hall–Kier alpha value is -2.27. The number of hydrogen-bond donors (Lipinski definition) is 1. The van der Waals surface area contributed by atoms with Crippen molar-refractivity contribution >= 4 is 29.0 Å². The molecule has 0 radical (unpaired) electrons. The molecule has 0 atom stereocenters. The van der Waals surface area contributed by atoms with Gasteiger partial charge in [0.2, 0.25) is 0 Å². The lowest BCUT2D eigenvalue weighted by Gasteiger charge is -2.10. The van der Waals surface area contributed by atoms with Gasteiger partial charge in [-0.05, 0) is 67.9 Å². The van der Waals surface area contributed by atoms with E-state index in [0.717, 1.165) is 34.4 Å². The van der Waals surface area contributed by atoms with E-state index in [-0.39, 0.29) is 11.1 Å². The molecule has 3 rings (SSSR count). The number of thioether (sulfide) groups is 1. The molecule has 0 bridgehead atoms. The highest BCUT2D eigenvalue weighted by atomic mass is 32.2. The van der Waals surface area contributed by atoms with Crippen molar-refractivity contribution in [1.82, 2.24) is 9.88 Å². The van der Waals surface area contributed by atoms with E-state index in [9.17, 15) is 9.59 Å². The van der Waals surface area contributed by atoms with Crippen LogP contribution in [0.15, 0.2) is 35.2 Å². The molecule has 1 aromatic carbocycles. The molecule has 0 unspecified atom stereocenters. The maximum Gasteiger partial charge on any atom is 0.290 e. The Kier molecular flexibility index (Phi) is 3.66. The van der Waals surface area contributed by atoms with E-state index in [1.54, 1.807) is 6.08 Å². The largest absolute Gasteiger partial charge is 0.318 e. The van der Waals surface area contributed by atoms with Gasteiger partial charge in [-0.2, -0.15) is 0 Å². The molecule has 2 aromatic rings. The summed E-state index contributed by atoms with van der Waals surface area (Å²) in [5, 5.41) is 1.96. The molecule has 1 aliphatic rings. The van der Waals surface area contributed by atoms with E-state index in [4.69, 9.17) is 0 Å². The maximum absolute atomic E-state index is 11.7. The first kappa shape index (κ1) is 14.7. The second kappa shape index (κ2) is 5.50. The highest BCUT2D eigenvalue weighted by molar-refractivity contribution is 8.18. The molecular weight excluding hydrogens is 296 g/mol. The Balaban J connectivity index is 2.06. The van der Waals surface area contributed by atoms with Gasteiger partial charge in [0, 0.05) is 17.1 Å². The quantitative estimate of drug-likeness (QED) is 0.860. The lowest BCUT2D eigenvalue weighted by Crippen LogP contribution is -2.17. The summed E-state index contributed by atoms with van der Waals surface area (Å²) >= 11 is 0.943. The van der Waals surface area contributed by atoms with Crippen molar-refractivity contribution in [1.29, 1.82) is 0 Å². The lowest BCUT2D eigenvalue weighted by atomic mass is 10.2. The van der Waals surface area contributed by atoms with Gasteiger partial charge in [-0.15, -0.1) is 0 Å². The van der Waals surface area contributed by atoms with E-state index in [2.05, 4.69) is 35.0 Å². The molecular formula is C17H16N2O2S. The summed E-state index contributed by atoms with van der Waals surface area (Å²) in [5.41, 5.74) is 5.37. The molecule has 4 nitrogen and oxygen atoms in total. The molecule has 1 aromatic heterocycles. The second-order valence-corrected chi connectivity index (χ2v) is 6.37. The zero-order valence-electron chi connectivity index (χ0n) is 12.6.